The number of rotatable bonds is 1. The first-order chi connectivity index (χ1) is 7.61. The molecule has 0 spiro atoms. The Hall–Kier alpha value is -2.15. The molecular weight excluding hydrogens is 200 g/mol. The Balaban J connectivity index is 2.51. The van der Waals surface area contributed by atoms with E-state index < -0.39 is 0 Å². The van der Waals surface area contributed by atoms with Crippen molar-refractivity contribution >= 4 is 0 Å². The first-order valence-corrected chi connectivity index (χ1v) is 5.03. The van der Waals surface area contributed by atoms with Crippen molar-refractivity contribution < 1.29 is 0 Å². The Bertz CT molecular complexity index is 575. The number of aromatic nitrogens is 3. The van der Waals surface area contributed by atoms with Crippen LogP contribution in [0.3, 0.4) is 0 Å². The molecule has 0 fully saturated rings. The molecule has 0 unspecified atom stereocenters. The molecule has 16 heavy (non-hydrogen) atoms. The van der Waals surface area contributed by atoms with Crippen molar-refractivity contribution in [2.75, 3.05) is 0 Å². The monoisotopic (exact) mass is 212 g/mol. The molecule has 0 saturated carbocycles. The van der Waals surface area contributed by atoms with Crippen molar-refractivity contribution in [2.45, 2.75) is 20.8 Å². The van der Waals surface area contributed by atoms with Gasteiger partial charge in [-0.1, -0.05) is 6.07 Å². The maximum atomic E-state index is 8.81. The summed E-state index contributed by atoms with van der Waals surface area (Å²) in [6.07, 6.45) is 0. The van der Waals surface area contributed by atoms with Crippen LogP contribution in [0.4, 0.5) is 0 Å². The van der Waals surface area contributed by atoms with E-state index in [0.29, 0.717) is 11.4 Å². The lowest BCUT2D eigenvalue weighted by molar-refractivity contribution is 0.743. The van der Waals surface area contributed by atoms with E-state index in [1.807, 2.05) is 31.2 Å². The van der Waals surface area contributed by atoms with E-state index in [2.05, 4.69) is 17.1 Å². The molecular formula is C12H12N4. The van der Waals surface area contributed by atoms with Crippen molar-refractivity contribution in [1.29, 1.82) is 5.26 Å². The second-order valence-electron chi connectivity index (χ2n) is 3.80. The van der Waals surface area contributed by atoms with Gasteiger partial charge in [0.15, 0.2) is 5.69 Å². The van der Waals surface area contributed by atoms with E-state index in [4.69, 9.17) is 5.26 Å². The fourth-order valence-electron chi connectivity index (χ4n) is 1.45. The minimum Gasteiger partial charge on any atom is -0.191 e. The van der Waals surface area contributed by atoms with E-state index in [9.17, 15) is 0 Å². The summed E-state index contributed by atoms with van der Waals surface area (Å²) in [5.74, 6) is 0. The van der Waals surface area contributed by atoms with Gasteiger partial charge in [-0.15, -0.1) is 5.10 Å². The second kappa shape index (κ2) is 3.78. The maximum absolute atomic E-state index is 8.81. The number of benzene rings is 1. The van der Waals surface area contributed by atoms with Gasteiger partial charge < -0.3 is 0 Å². The third-order valence-corrected chi connectivity index (χ3v) is 2.61. The summed E-state index contributed by atoms with van der Waals surface area (Å²) < 4.78 is 0. The Morgan fingerprint density at radius 1 is 1.12 bits per heavy atom. The minimum absolute atomic E-state index is 0.373. The van der Waals surface area contributed by atoms with Crippen LogP contribution in [0.5, 0.6) is 0 Å². The smallest absolute Gasteiger partial charge is 0.186 e. The maximum Gasteiger partial charge on any atom is 0.186 e. The Morgan fingerprint density at radius 2 is 1.88 bits per heavy atom. The predicted molar refractivity (Wildman–Crippen MR) is 60.3 cm³/mol. The SMILES string of the molecule is Cc1ccc(-n2nc(C)c(C#N)n2)cc1C. The van der Waals surface area contributed by atoms with Crippen LogP contribution in [0.25, 0.3) is 5.69 Å². The van der Waals surface area contributed by atoms with Crippen LogP contribution in [-0.4, -0.2) is 15.0 Å². The molecule has 0 aliphatic carbocycles. The lowest BCUT2D eigenvalue weighted by Gasteiger charge is -2.03. The van der Waals surface area contributed by atoms with Gasteiger partial charge >= 0.3 is 0 Å². The van der Waals surface area contributed by atoms with Gasteiger partial charge in [-0.05, 0) is 44.0 Å². The normalized spacial score (nSPS) is 10.1. The highest BCUT2D eigenvalue weighted by Gasteiger charge is 2.07. The third-order valence-electron chi connectivity index (χ3n) is 2.61. The molecule has 80 valence electrons. The van der Waals surface area contributed by atoms with Gasteiger partial charge in [-0.25, -0.2) is 0 Å². The van der Waals surface area contributed by atoms with Gasteiger partial charge in [0.1, 0.15) is 6.07 Å². The number of aryl methyl sites for hydroxylation is 3. The van der Waals surface area contributed by atoms with Crippen LogP contribution in [0.15, 0.2) is 18.2 Å². The summed E-state index contributed by atoms with van der Waals surface area (Å²) in [7, 11) is 0. The first-order valence-electron chi connectivity index (χ1n) is 5.03. The lowest BCUT2D eigenvalue weighted by Crippen LogP contribution is -1.99. The van der Waals surface area contributed by atoms with Crippen LogP contribution in [0, 0.1) is 32.1 Å². The summed E-state index contributed by atoms with van der Waals surface area (Å²) in [6, 6.07) is 8.00. The molecule has 1 heterocycles. The predicted octanol–water partition coefficient (Wildman–Crippen LogP) is 2.06. The van der Waals surface area contributed by atoms with E-state index in [1.165, 1.54) is 15.9 Å². The van der Waals surface area contributed by atoms with Gasteiger partial charge in [-0.3, -0.25) is 0 Å². The van der Waals surface area contributed by atoms with Crippen LogP contribution in [0.1, 0.15) is 22.5 Å². The molecule has 1 aromatic heterocycles. The van der Waals surface area contributed by atoms with Crippen molar-refractivity contribution in [3.05, 3.63) is 40.7 Å². The molecule has 4 heteroatoms. The largest absolute Gasteiger partial charge is 0.191 e. The molecule has 0 radical (unpaired) electrons. The molecule has 0 aliphatic heterocycles. The van der Waals surface area contributed by atoms with Gasteiger partial charge in [0.05, 0.1) is 11.4 Å². The van der Waals surface area contributed by atoms with Crippen molar-refractivity contribution in [1.82, 2.24) is 15.0 Å². The molecule has 0 saturated heterocycles. The van der Waals surface area contributed by atoms with E-state index >= 15 is 0 Å². The van der Waals surface area contributed by atoms with Gasteiger partial charge in [-0.2, -0.15) is 15.2 Å². The highest BCUT2D eigenvalue weighted by Crippen LogP contribution is 2.13. The van der Waals surface area contributed by atoms with E-state index in [0.717, 1.165) is 5.69 Å². The summed E-state index contributed by atoms with van der Waals surface area (Å²) in [6.45, 7) is 5.88. The molecule has 2 rings (SSSR count). The standard InChI is InChI=1S/C12H12N4/c1-8-4-5-11(6-9(8)2)16-14-10(3)12(7-13)15-16/h4-6H,1-3H3. The van der Waals surface area contributed by atoms with Crippen molar-refractivity contribution in [3.63, 3.8) is 0 Å². The van der Waals surface area contributed by atoms with Crippen molar-refractivity contribution in [2.24, 2.45) is 0 Å². The number of nitriles is 1. The Kier molecular flexibility index (Phi) is 2.45. The van der Waals surface area contributed by atoms with E-state index in [-0.39, 0.29) is 0 Å². The molecule has 0 N–H and O–H groups in total. The Morgan fingerprint density at radius 3 is 2.44 bits per heavy atom. The van der Waals surface area contributed by atoms with Gasteiger partial charge in [0, 0.05) is 0 Å². The fraction of sp³-hybridized carbons (Fsp3) is 0.250. The highest BCUT2D eigenvalue weighted by atomic mass is 15.5. The summed E-state index contributed by atoms with van der Waals surface area (Å²) >= 11 is 0. The quantitative estimate of drug-likeness (QED) is 0.727. The molecule has 0 aliphatic rings. The number of nitrogens with zero attached hydrogens (tertiary/aromatic N) is 4. The average molecular weight is 212 g/mol. The zero-order valence-corrected chi connectivity index (χ0v) is 9.52. The lowest BCUT2D eigenvalue weighted by atomic mass is 10.1. The first kappa shape index (κ1) is 10.4. The molecule has 0 atom stereocenters. The molecule has 1 aromatic carbocycles. The average Bonchev–Trinajstić information content (AvgIpc) is 2.64. The highest BCUT2D eigenvalue weighted by molar-refractivity contribution is 5.39. The molecule has 2 aromatic rings. The number of hydrogen-bond acceptors (Lipinski definition) is 3. The minimum atomic E-state index is 0.373. The van der Waals surface area contributed by atoms with Crippen LogP contribution in [-0.2, 0) is 0 Å². The molecule has 4 nitrogen and oxygen atoms in total. The summed E-state index contributed by atoms with van der Waals surface area (Å²) in [4.78, 5) is 1.50. The zero-order chi connectivity index (χ0) is 11.7. The van der Waals surface area contributed by atoms with Crippen LogP contribution in [0.2, 0.25) is 0 Å². The van der Waals surface area contributed by atoms with E-state index in [1.54, 1.807) is 6.92 Å². The van der Waals surface area contributed by atoms with Crippen molar-refractivity contribution in [3.8, 4) is 11.8 Å². The van der Waals surface area contributed by atoms with Gasteiger partial charge in [0.25, 0.3) is 0 Å². The summed E-state index contributed by atoms with van der Waals surface area (Å²) in [5.41, 5.74) is 4.32. The third kappa shape index (κ3) is 1.68. The summed E-state index contributed by atoms with van der Waals surface area (Å²) in [5, 5.41) is 17.1. The molecule has 0 bridgehead atoms. The fourth-order valence-corrected chi connectivity index (χ4v) is 1.45. The van der Waals surface area contributed by atoms with Gasteiger partial charge in [0.2, 0.25) is 0 Å². The second-order valence-corrected chi connectivity index (χ2v) is 3.80. The van der Waals surface area contributed by atoms with Crippen LogP contribution >= 0.6 is 0 Å². The molecule has 0 amide bonds. The van der Waals surface area contributed by atoms with Crippen LogP contribution < -0.4 is 0 Å². The topological polar surface area (TPSA) is 54.5 Å². The zero-order valence-electron chi connectivity index (χ0n) is 9.52. The Labute approximate surface area is 94.1 Å². The number of hydrogen-bond donors (Lipinski definition) is 0.